The van der Waals surface area contributed by atoms with E-state index < -0.39 is 5.97 Å². The van der Waals surface area contributed by atoms with Crippen LogP contribution in [0, 0.1) is 5.92 Å². The van der Waals surface area contributed by atoms with E-state index >= 15 is 0 Å². The van der Waals surface area contributed by atoms with E-state index in [1.54, 1.807) is 12.1 Å². The quantitative estimate of drug-likeness (QED) is 0.747. The molecule has 2 rings (SSSR count). The molecule has 1 aliphatic carbocycles. The van der Waals surface area contributed by atoms with Crippen LogP contribution in [-0.2, 0) is 6.54 Å². The van der Waals surface area contributed by atoms with Crippen LogP contribution in [0.4, 0.5) is 0 Å². The van der Waals surface area contributed by atoms with Crippen LogP contribution in [0.25, 0.3) is 0 Å². The molecule has 1 aromatic carbocycles. The van der Waals surface area contributed by atoms with Crippen molar-refractivity contribution in [3.8, 4) is 0 Å². The molecular weight excluding hydrogens is 254 g/mol. The van der Waals surface area contributed by atoms with Gasteiger partial charge in [0.2, 0.25) is 0 Å². The molecule has 0 bridgehead atoms. The van der Waals surface area contributed by atoms with E-state index in [2.05, 4.69) is 5.32 Å². The van der Waals surface area contributed by atoms with E-state index in [1.165, 1.54) is 19.3 Å². The lowest BCUT2D eigenvalue weighted by molar-refractivity contribution is 0.0697. The van der Waals surface area contributed by atoms with Gasteiger partial charge in [0.15, 0.2) is 0 Å². The molecule has 4 nitrogen and oxygen atoms in total. The fraction of sp³-hybridized carbons (Fsp3) is 0.562. The summed E-state index contributed by atoms with van der Waals surface area (Å²) in [5.41, 5.74) is 1.34. The first-order valence-electron chi connectivity index (χ1n) is 7.38. The van der Waals surface area contributed by atoms with Gasteiger partial charge in [-0.3, -0.25) is 0 Å². The predicted octanol–water partition coefficient (Wildman–Crippen LogP) is 2.42. The Labute approximate surface area is 119 Å². The number of hydrogen-bond acceptors (Lipinski definition) is 3. The Bertz CT molecular complexity index is 424. The molecule has 0 amide bonds. The number of carboxylic acids is 1. The predicted molar refractivity (Wildman–Crippen MR) is 77.7 cm³/mol. The van der Waals surface area contributed by atoms with Gasteiger partial charge in [0.25, 0.3) is 0 Å². The minimum Gasteiger partial charge on any atom is -0.478 e. The number of rotatable bonds is 6. The minimum absolute atomic E-state index is 0.270. The standard InChI is InChI=1S/C16H23NO3/c18-15(13-4-2-1-3-5-13)11-17-10-12-6-8-14(9-7-12)16(19)20/h6-9,13,15,17-18H,1-5,10-11H2,(H,19,20). The van der Waals surface area contributed by atoms with Gasteiger partial charge >= 0.3 is 5.97 Å². The van der Waals surface area contributed by atoms with Gasteiger partial charge in [-0.15, -0.1) is 0 Å². The number of nitrogens with one attached hydrogen (secondary N) is 1. The van der Waals surface area contributed by atoms with Crippen molar-refractivity contribution in [3.63, 3.8) is 0 Å². The highest BCUT2D eigenvalue weighted by molar-refractivity contribution is 5.87. The first-order valence-corrected chi connectivity index (χ1v) is 7.38. The number of aliphatic hydroxyl groups is 1. The maximum Gasteiger partial charge on any atom is 0.335 e. The Morgan fingerprint density at radius 2 is 1.85 bits per heavy atom. The number of carboxylic acid groups (broad SMARTS) is 1. The molecule has 3 N–H and O–H groups in total. The number of carbonyl (C=O) groups is 1. The fourth-order valence-electron chi connectivity index (χ4n) is 2.82. The molecule has 1 unspecified atom stereocenters. The summed E-state index contributed by atoms with van der Waals surface area (Å²) in [4.78, 5) is 10.7. The molecule has 4 heteroatoms. The van der Waals surface area contributed by atoms with Crippen molar-refractivity contribution >= 4 is 5.97 Å². The summed E-state index contributed by atoms with van der Waals surface area (Å²) in [6.07, 6.45) is 5.77. The maximum atomic E-state index is 10.7. The summed E-state index contributed by atoms with van der Waals surface area (Å²) < 4.78 is 0. The average Bonchev–Trinajstić information content (AvgIpc) is 2.48. The van der Waals surface area contributed by atoms with Crippen LogP contribution in [0.3, 0.4) is 0 Å². The van der Waals surface area contributed by atoms with E-state index in [4.69, 9.17) is 5.11 Å². The first kappa shape index (κ1) is 15.0. The number of benzene rings is 1. The zero-order valence-corrected chi connectivity index (χ0v) is 11.7. The lowest BCUT2D eigenvalue weighted by Crippen LogP contribution is -2.33. The van der Waals surface area contributed by atoms with E-state index in [9.17, 15) is 9.90 Å². The third kappa shape index (κ3) is 4.32. The number of aromatic carboxylic acids is 1. The van der Waals surface area contributed by atoms with E-state index in [0.29, 0.717) is 24.6 Å². The second kappa shape index (κ2) is 7.41. The van der Waals surface area contributed by atoms with Crippen LogP contribution in [0.1, 0.15) is 48.0 Å². The van der Waals surface area contributed by atoms with Gasteiger partial charge in [-0.05, 0) is 36.5 Å². The monoisotopic (exact) mass is 277 g/mol. The first-order chi connectivity index (χ1) is 9.66. The van der Waals surface area contributed by atoms with Crippen molar-refractivity contribution in [2.24, 2.45) is 5.92 Å². The largest absolute Gasteiger partial charge is 0.478 e. The summed E-state index contributed by atoms with van der Waals surface area (Å²) in [6.45, 7) is 1.26. The molecule has 0 aromatic heterocycles. The van der Waals surface area contributed by atoms with Crippen molar-refractivity contribution < 1.29 is 15.0 Å². The molecule has 0 saturated heterocycles. The molecule has 0 spiro atoms. The lowest BCUT2D eigenvalue weighted by Gasteiger charge is -2.26. The molecule has 1 aromatic rings. The van der Waals surface area contributed by atoms with Gasteiger partial charge in [0, 0.05) is 13.1 Å². The summed E-state index contributed by atoms with van der Waals surface area (Å²) in [7, 11) is 0. The molecule has 20 heavy (non-hydrogen) atoms. The van der Waals surface area contributed by atoms with Gasteiger partial charge in [0.05, 0.1) is 11.7 Å². The number of aliphatic hydroxyl groups excluding tert-OH is 1. The van der Waals surface area contributed by atoms with Crippen LogP contribution in [0.5, 0.6) is 0 Å². The zero-order chi connectivity index (χ0) is 14.4. The minimum atomic E-state index is -0.905. The second-order valence-electron chi connectivity index (χ2n) is 5.60. The lowest BCUT2D eigenvalue weighted by atomic mass is 9.85. The van der Waals surface area contributed by atoms with Gasteiger partial charge < -0.3 is 15.5 Å². The summed E-state index contributed by atoms with van der Waals surface area (Å²) in [5.74, 6) is -0.470. The summed E-state index contributed by atoms with van der Waals surface area (Å²) in [6, 6.07) is 6.83. The van der Waals surface area contributed by atoms with Crippen LogP contribution >= 0.6 is 0 Å². The third-order valence-corrected chi connectivity index (χ3v) is 4.08. The highest BCUT2D eigenvalue weighted by Crippen LogP contribution is 2.26. The van der Waals surface area contributed by atoms with Gasteiger partial charge in [-0.2, -0.15) is 0 Å². The molecule has 1 atom stereocenters. The molecule has 1 saturated carbocycles. The van der Waals surface area contributed by atoms with Crippen LogP contribution < -0.4 is 5.32 Å². The Hall–Kier alpha value is -1.39. The highest BCUT2D eigenvalue weighted by atomic mass is 16.4. The molecule has 1 aliphatic rings. The van der Waals surface area contributed by atoms with Gasteiger partial charge in [0.1, 0.15) is 0 Å². The molecule has 0 heterocycles. The smallest absolute Gasteiger partial charge is 0.335 e. The fourth-order valence-corrected chi connectivity index (χ4v) is 2.82. The molecule has 0 radical (unpaired) electrons. The van der Waals surface area contributed by atoms with Gasteiger partial charge in [-0.25, -0.2) is 4.79 Å². The molecule has 110 valence electrons. The normalized spacial score (nSPS) is 17.9. The van der Waals surface area contributed by atoms with Crippen molar-refractivity contribution in [3.05, 3.63) is 35.4 Å². The van der Waals surface area contributed by atoms with Crippen molar-refractivity contribution in [1.29, 1.82) is 0 Å². The average molecular weight is 277 g/mol. The Kier molecular flexibility index (Phi) is 5.56. The Morgan fingerprint density at radius 3 is 2.45 bits per heavy atom. The van der Waals surface area contributed by atoms with E-state index in [-0.39, 0.29) is 6.10 Å². The van der Waals surface area contributed by atoms with Crippen LogP contribution in [-0.4, -0.2) is 28.8 Å². The Balaban J connectivity index is 1.73. The second-order valence-corrected chi connectivity index (χ2v) is 5.60. The van der Waals surface area contributed by atoms with E-state index in [0.717, 1.165) is 18.4 Å². The van der Waals surface area contributed by atoms with Crippen molar-refractivity contribution in [2.75, 3.05) is 6.54 Å². The number of hydrogen-bond donors (Lipinski definition) is 3. The van der Waals surface area contributed by atoms with Crippen molar-refractivity contribution in [2.45, 2.75) is 44.8 Å². The summed E-state index contributed by atoms with van der Waals surface area (Å²) >= 11 is 0. The Morgan fingerprint density at radius 1 is 1.20 bits per heavy atom. The molecule has 1 fully saturated rings. The third-order valence-electron chi connectivity index (χ3n) is 4.08. The maximum absolute atomic E-state index is 10.7. The van der Waals surface area contributed by atoms with Crippen molar-refractivity contribution in [1.82, 2.24) is 5.32 Å². The van der Waals surface area contributed by atoms with Crippen LogP contribution in [0.15, 0.2) is 24.3 Å². The van der Waals surface area contributed by atoms with E-state index in [1.807, 2.05) is 12.1 Å². The molecular formula is C16H23NO3. The van der Waals surface area contributed by atoms with Crippen LogP contribution in [0.2, 0.25) is 0 Å². The van der Waals surface area contributed by atoms with Gasteiger partial charge in [-0.1, -0.05) is 31.4 Å². The SMILES string of the molecule is O=C(O)c1ccc(CNCC(O)C2CCCCC2)cc1. The molecule has 0 aliphatic heterocycles. The topological polar surface area (TPSA) is 69.6 Å². The zero-order valence-electron chi connectivity index (χ0n) is 11.7. The summed E-state index contributed by atoms with van der Waals surface area (Å²) in [5, 5.41) is 22.2. The highest BCUT2D eigenvalue weighted by Gasteiger charge is 2.20.